The number of hydrogen-bond acceptors (Lipinski definition) is 3. The van der Waals surface area contributed by atoms with E-state index >= 15 is 0 Å². The van der Waals surface area contributed by atoms with Gasteiger partial charge < -0.3 is 10.1 Å². The smallest absolute Gasteiger partial charge is 0.407 e. The van der Waals surface area contributed by atoms with Crippen LogP contribution in [0.15, 0.2) is 33.7 Å². The summed E-state index contributed by atoms with van der Waals surface area (Å²) >= 11 is 3.49. The number of carboxylic acid groups (broad SMARTS) is 1. The van der Waals surface area contributed by atoms with Gasteiger partial charge in [0, 0.05) is 42.2 Å². The van der Waals surface area contributed by atoms with Crippen LogP contribution in [0.4, 0.5) is 4.79 Å². The van der Waals surface area contributed by atoms with E-state index in [0.717, 1.165) is 15.4 Å². The molecule has 0 spiro atoms. The van der Waals surface area contributed by atoms with Gasteiger partial charge in [0.2, 0.25) is 0 Å². The van der Waals surface area contributed by atoms with E-state index in [1.807, 2.05) is 25.1 Å². The van der Waals surface area contributed by atoms with Crippen molar-refractivity contribution in [1.82, 2.24) is 14.8 Å². The van der Waals surface area contributed by atoms with Gasteiger partial charge in [0.05, 0.1) is 5.54 Å². The summed E-state index contributed by atoms with van der Waals surface area (Å²) < 4.78 is 0.928. The third-order valence-corrected chi connectivity index (χ3v) is 6.45. The number of halogens is 1. The van der Waals surface area contributed by atoms with Crippen molar-refractivity contribution in [3.05, 3.63) is 44.8 Å². The molecule has 0 bridgehead atoms. The van der Waals surface area contributed by atoms with Crippen molar-refractivity contribution in [3.63, 3.8) is 0 Å². The van der Waals surface area contributed by atoms with Crippen LogP contribution in [0.5, 0.6) is 0 Å². The second-order valence-corrected chi connectivity index (χ2v) is 9.42. The predicted octanol–water partition coefficient (Wildman–Crippen LogP) is 3.89. The zero-order valence-corrected chi connectivity index (χ0v) is 17.8. The Kier molecular flexibility index (Phi) is 5.12. The average Bonchev–Trinajstić information content (AvgIpc) is 2.56. The maximum Gasteiger partial charge on any atom is 0.407 e. The van der Waals surface area contributed by atoms with Crippen LogP contribution in [-0.2, 0) is 6.54 Å². The van der Waals surface area contributed by atoms with Crippen LogP contribution >= 0.6 is 15.9 Å². The molecule has 1 fully saturated rings. The van der Waals surface area contributed by atoms with E-state index in [-0.39, 0.29) is 11.0 Å². The molecule has 27 heavy (non-hydrogen) atoms. The lowest BCUT2D eigenvalue weighted by atomic mass is 9.72. The Morgan fingerprint density at radius 2 is 2.00 bits per heavy atom. The summed E-state index contributed by atoms with van der Waals surface area (Å²) in [7, 11) is 0. The topological polar surface area (TPSA) is 76.6 Å². The van der Waals surface area contributed by atoms with Crippen molar-refractivity contribution in [2.24, 2.45) is 5.41 Å². The Bertz CT molecular complexity index is 934. The molecule has 0 radical (unpaired) electrons. The summed E-state index contributed by atoms with van der Waals surface area (Å²) in [4.78, 5) is 30.6. The van der Waals surface area contributed by atoms with Crippen molar-refractivity contribution in [2.45, 2.75) is 39.8 Å². The molecule has 1 aromatic heterocycles. The number of amides is 1. The number of piperazine rings is 1. The van der Waals surface area contributed by atoms with Gasteiger partial charge in [-0.25, -0.2) is 4.79 Å². The fourth-order valence-corrected chi connectivity index (χ4v) is 4.19. The summed E-state index contributed by atoms with van der Waals surface area (Å²) in [6.45, 7) is 10.7. The highest BCUT2D eigenvalue weighted by Crippen LogP contribution is 2.39. The number of hydrogen-bond donors (Lipinski definition) is 2. The van der Waals surface area contributed by atoms with Gasteiger partial charge >= 0.3 is 6.09 Å². The highest BCUT2D eigenvalue weighted by molar-refractivity contribution is 9.10. The average molecular weight is 436 g/mol. The van der Waals surface area contributed by atoms with Crippen LogP contribution in [0.25, 0.3) is 10.8 Å². The number of nitrogens with one attached hydrogen (secondary N) is 1. The van der Waals surface area contributed by atoms with Gasteiger partial charge in [0.15, 0.2) is 0 Å². The van der Waals surface area contributed by atoms with E-state index in [0.29, 0.717) is 31.6 Å². The Hall–Kier alpha value is -1.86. The van der Waals surface area contributed by atoms with Crippen molar-refractivity contribution in [3.8, 4) is 0 Å². The van der Waals surface area contributed by atoms with Crippen molar-refractivity contribution in [1.29, 1.82) is 0 Å². The molecule has 0 unspecified atom stereocenters. The third-order valence-electron chi connectivity index (χ3n) is 5.96. The Balaban J connectivity index is 1.95. The first-order chi connectivity index (χ1) is 12.5. The largest absolute Gasteiger partial charge is 0.465 e. The molecular formula is C20H26BrN3O3. The second-order valence-electron chi connectivity index (χ2n) is 8.50. The second kappa shape index (κ2) is 6.95. The molecule has 3 rings (SSSR count). The minimum absolute atomic E-state index is 0.100. The van der Waals surface area contributed by atoms with Gasteiger partial charge in [-0.05, 0) is 41.5 Å². The molecule has 1 aromatic carbocycles. The number of H-pyrrole nitrogens is 1. The van der Waals surface area contributed by atoms with Crippen LogP contribution in [-0.4, -0.2) is 51.2 Å². The molecule has 1 aliphatic heterocycles. The fourth-order valence-electron chi connectivity index (χ4n) is 3.83. The van der Waals surface area contributed by atoms with Crippen LogP contribution in [0.1, 0.15) is 33.3 Å². The Morgan fingerprint density at radius 1 is 1.30 bits per heavy atom. The molecular weight excluding hydrogens is 410 g/mol. The number of rotatable bonds is 2. The molecule has 7 heteroatoms. The van der Waals surface area contributed by atoms with Crippen molar-refractivity contribution in [2.75, 3.05) is 19.6 Å². The zero-order valence-electron chi connectivity index (χ0n) is 16.2. The van der Waals surface area contributed by atoms with Crippen molar-refractivity contribution < 1.29 is 9.90 Å². The van der Waals surface area contributed by atoms with Gasteiger partial charge in [-0.15, -0.1) is 0 Å². The highest BCUT2D eigenvalue weighted by Gasteiger charge is 2.48. The van der Waals surface area contributed by atoms with Crippen LogP contribution in [0.2, 0.25) is 0 Å². The van der Waals surface area contributed by atoms with Gasteiger partial charge in [0.1, 0.15) is 0 Å². The highest BCUT2D eigenvalue weighted by atomic mass is 79.9. The molecule has 1 saturated heterocycles. The maximum atomic E-state index is 12.1. The number of aromatic amines is 1. The standard InChI is InChI=1S/C20H26BrN3O3/c1-19(2,3)20(4)12-23(7-8-24(20)18(26)27)11-13-10-22-17(25)15-6-5-14(21)9-16(13)15/h5-6,9-10H,7-8,11-12H2,1-4H3,(H,22,25)(H,26,27)/t20-/m1/s1. The molecule has 1 aliphatic rings. The Morgan fingerprint density at radius 3 is 2.63 bits per heavy atom. The minimum Gasteiger partial charge on any atom is -0.465 e. The summed E-state index contributed by atoms with van der Waals surface area (Å²) in [5, 5.41) is 11.3. The van der Waals surface area contributed by atoms with Gasteiger partial charge in [-0.1, -0.05) is 36.7 Å². The molecule has 2 N–H and O–H groups in total. The number of fused-ring (bicyclic) bond motifs is 1. The van der Waals surface area contributed by atoms with Gasteiger partial charge in [-0.2, -0.15) is 0 Å². The van der Waals surface area contributed by atoms with Crippen LogP contribution < -0.4 is 5.56 Å². The van der Waals surface area contributed by atoms with E-state index in [9.17, 15) is 14.7 Å². The molecule has 2 heterocycles. The van der Waals surface area contributed by atoms with Gasteiger partial charge in [-0.3, -0.25) is 14.6 Å². The summed E-state index contributed by atoms with van der Waals surface area (Å²) in [5.74, 6) is 0. The molecule has 0 saturated carbocycles. The monoisotopic (exact) mass is 435 g/mol. The number of aromatic nitrogens is 1. The van der Waals surface area contributed by atoms with E-state index in [2.05, 4.69) is 46.6 Å². The first-order valence-corrected chi connectivity index (χ1v) is 9.85. The number of nitrogens with zero attached hydrogens (tertiary/aromatic N) is 2. The van der Waals surface area contributed by atoms with E-state index in [1.165, 1.54) is 0 Å². The summed E-state index contributed by atoms with van der Waals surface area (Å²) in [6.07, 6.45) is 0.903. The zero-order chi connectivity index (χ0) is 20.0. The maximum absolute atomic E-state index is 12.1. The molecule has 6 nitrogen and oxygen atoms in total. The van der Waals surface area contributed by atoms with E-state index in [1.54, 1.807) is 11.1 Å². The quantitative estimate of drug-likeness (QED) is 0.749. The minimum atomic E-state index is -0.870. The fraction of sp³-hybridized carbons (Fsp3) is 0.500. The lowest BCUT2D eigenvalue weighted by molar-refractivity contribution is -0.0461. The number of pyridine rings is 1. The van der Waals surface area contributed by atoms with Crippen LogP contribution in [0, 0.1) is 5.41 Å². The first-order valence-electron chi connectivity index (χ1n) is 9.06. The number of benzene rings is 1. The molecule has 1 amide bonds. The predicted molar refractivity (Wildman–Crippen MR) is 110 cm³/mol. The molecule has 2 aromatic rings. The van der Waals surface area contributed by atoms with E-state index in [4.69, 9.17) is 0 Å². The molecule has 0 aliphatic carbocycles. The molecule has 1 atom stereocenters. The van der Waals surface area contributed by atoms with E-state index < -0.39 is 11.6 Å². The summed E-state index contributed by atoms with van der Waals surface area (Å²) in [5.41, 5.74) is 0.220. The lowest BCUT2D eigenvalue weighted by Gasteiger charge is -2.54. The van der Waals surface area contributed by atoms with Crippen LogP contribution in [0.3, 0.4) is 0 Å². The SMILES string of the molecule is CC(C)(C)[C@@]1(C)CN(Cc2c[nH]c(=O)c3ccc(Br)cc23)CCN1C(=O)O. The van der Waals surface area contributed by atoms with Crippen molar-refractivity contribution >= 4 is 32.8 Å². The first kappa shape index (κ1) is 19.9. The normalized spacial score (nSPS) is 21.6. The third kappa shape index (κ3) is 3.62. The summed E-state index contributed by atoms with van der Waals surface area (Å²) in [6, 6.07) is 5.66. The van der Waals surface area contributed by atoms with Gasteiger partial charge in [0.25, 0.3) is 5.56 Å². The Labute approximate surface area is 167 Å². The molecule has 146 valence electrons. The number of carbonyl (C=O) groups is 1. The lowest BCUT2D eigenvalue weighted by Crippen LogP contribution is -2.67.